The second-order valence-electron chi connectivity index (χ2n) is 11.3. The SMILES string of the molecule is Cc1cc(C)c2c(c1)[C@]1(C(=O)N2)N2CCC[C@@H]2[C@@H](C(=O)c2ccc3c(c2)OCO3)[C@@]12C(=O)Nc1ccccc12. The lowest BCUT2D eigenvalue weighted by Gasteiger charge is -2.43. The van der Waals surface area contributed by atoms with E-state index in [0.717, 1.165) is 28.8 Å². The lowest BCUT2D eigenvalue weighted by atomic mass is 9.57. The number of anilines is 2. The fraction of sp³-hybridized carbons (Fsp3) is 0.323. The lowest BCUT2D eigenvalue weighted by molar-refractivity contribution is -0.137. The summed E-state index contributed by atoms with van der Waals surface area (Å²) in [6.07, 6.45) is 1.55. The molecule has 0 saturated carbocycles. The molecule has 196 valence electrons. The number of fused-ring (bicyclic) bond motifs is 8. The van der Waals surface area contributed by atoms with E-state index in [9.17, 15) is 14.4 Å². The summed E-state index contributed by atoms with van der Waals surface area (Å²) in [4.78, 5) is 46.1. The molecule has 8 heteroatoms. The Hall–Kier alpha value is -4.17. The first kappa shape index (κ1) is 22.8. The maximum Gasteiger partial charge on any atom is 0.251 e. The van der Waals surface area contributed by atoms with Crippen molar-refractivity contribution in [2.45, 2.75) is 43.7 Å². The van der Waals surface area contributed by atoms with Crippen LogP contribution in [0.2, 0.25) is 0 Å². The van der Waals surface area contributed by atoms with Crippen molar-refractivity contribution < 1.29 is 23.9 Å². The zero-order valence-electron chi connectivity index (χ0n) is 21.7. The number of hydrogen-bond acceptors (Lipinski definition) is 6. The largest absolute Gasteiger partial charge is 0.454 e. The molecule has 8 nitrogen and oxygen atoms in total. The molecule has 39 heavy (non-hydrogen) atoms. The summed E-state index contributed by atoms with van der Waals surface area (Å²) >= 11 is 0. The zero-order chi connectivity index (χ0) is 26.7. The van der Waals surface area contributed by atoms with Crippen molar-refractivity contribution >= 4 is 29.0 Å². The van der Waals surface area contributed by atoms with Gasteiger partial charge in [-0.1, -0.05) is 35.9 Å². The third-order valence-electron chi connectivity index (χ3n) is 9.49. The number of carbonyl (C=O) groups excluding carboxylic acids is 3. The van der Waals surface area contributed by atoms with Crippen LogP contribution in [0.4, 0.5) is 11.4 Å². The first-order valence-electron chi connectivity index (χ1n) is 13.4. The van der Waals surface area contributed by atoms with Crippen molar-refractivity contribution in [2.75, 3.05) is 24.0 Å². The van der Waals surface area contributed by atoms with Crippen LogP contribution < -0.4 is 20.1 Å². The van der Waals surface area contributed by atoms with Crippen LogP contribution in [0.3, 0.4) is 0 Å². The highest BCUT2D eigenvalue weighted by Gasteiger charge is 2.81. The molecule has 0 radical (unpaired) electrons. The van der Waals surface area contributed by atoms with Crippen LogP contribution in [0.15, 0.2) is 54.6 Å². The molecule has 5 aliphatic rings. The van der Waals surface area contributed by atoms with Gasteiger partial charge in [0, 0.05) is 28.5 Å². The van der Waals surface area contributed by atoms with Gasteiger partial charge in [0.25, 0.3) is 5.91 Å². The van der Waals surface area contributed by atoms with Crippen LogP contribution in [0, 0.1) is 19.8 Å². The van der Waals surface area contributed by atoms with Gasteiger partial charge in [0.1, 0.15) is 11.0 Å². The summed E-state index contributed by atoms with van der Waals surface area (Å²) in [6.45, 7) is 4.70. The Morgan fingerprint density at radius 1 is 0.949 bits per heavy atom. The van der Waals surface area contributed by atoms with E-state index in [0.29, 0.717) is 41.3 Å². The van der Waals surface area contributed by atoms with Crippen molar-refractivity contribution in [3.63, 3.8) is 0 Å². The summed E-state index contributed by atoms with van der Waals surface area (Å²) in [6, 6.07) is 16.5. The predicted octanol–water partition coefficient (Wildman–Crippen LogP) is 4.05. The zero-order valence-corrected chi connectivity index (χ0v) is 21.7. The number of rotatable bonds is 2. The molecule has 5 aliphatic heterocycles. The fourth-order valence-corrected chi connectivity index (χ4v) is 8.27. The molecule has 0 bridgehead atoms. The van der Waals surface area contributed by atoms with E-state index in [-0.39, 0.29) is 30.4 Å². The van der Waals surface area contributed by atoms with Crippen LogP contribution in [-0.2, 0) is 20.5 Å². The molecule has 8 rings (SSSR count). The topological polar surface area (TPSA) is 97.0 Å². The number of amides is 2. The Kier molecular flexibility index (Phi) is 4.37. The summed E-state index contributed by atoms with van der Waals surface area (Å²) in [5.74, 6) is -0.408. The average Bonchev–Trinajstić information content (AvgIpc) is 3.71. The monoisotopic (exact) mass is 521 g/mol. The Morgan fingerprint density at radius 3 is 2.64 bits per heavy atom. The van der Waals surface area contributed by atoms with Crippen LogP contribution in [-0.4, -0.2) is 41.9 Å². The predicted molar refractivity (Wildman–Crippen MR) is 143 cm³/mol. The number of nitrogens with zero attached hydrogens (tertiary/aromatic N) is 1. The molecule has 4 atom stereocenters. The average molecular weight is 522 g/mol. The number of benzene rings is 3. The minimum Gasteiger partial charge on any atom is -0.454 e. The van der Waals surface area contributed by atoms with E-state index >= 15 is 0 Å². The minimum absolute atomic E-state index is 0.102. The highest BCUT2D eigenvalue weighted by molar-refractivity contribution is 6.21. The summed E-state index contributed by atoms with van der Waals surface area (Å²) in [5.41, 5.74) is 2.44. The lowest BCUT2D eigenvalue weighted by Crippen LogP contribution is -2.62. The maximum atomic E-state index is 14.8. The Balaban J connectivity index is 1.46. The van der Waals surface area contributed by atoms with Gasteiger partial charge in [-0.3, -0.25) is 19.3 Å². The van der Waals surface area contributed by atoms with Gasteiger partial charge in [0.05, 0.1) is 5.92 Å². The van der Waals surface area contributed by atoms with Gasteiger partial charge >= 0.3 is 0 Å². The van der Waals surface area contributed by atoms with E-state index in [1.807, 2.05) is 50.2 Å². The molecule has 3 aromatic rings. The molecule has 2 saturated heterocycles. The molecule has 0 aromatic heterocycles. The summed E-state index contributed by atoms with van der Waals surface area (Å²) in [5, 5.41) is 6.25. The quantitative estimate of drug-likeness (QED) is 0.494. The third-order valence-corrected chi connectivity index (χ3v) is 9.49. The van der Waals surface area contributed by atoms with Crippen molar-refractivity contribution in [1.29, 1.82) is 0 Å². The van der Waals surface area contributed by atoms with Crippen LogP contribution in [0.1, 0.15) is 45.5 Å². The van der Waals surface area contributed by atoms with Gasteiger partial charge in [-0.15, -0.1) is 0 Å². The van der Waals surface area contributed by atoms with Gasteiger partial charge in [-0.05, 0) is 68.6 Å². The number of para-hydroxylation sites is 1. The van der Waals surface area contributed by atoms with Crippen molar-refractivity contribution in [3.05, 3.63) is 82.4 Å². The van der Waals surface area contributed by atoms with Crippen molar-refractivity contribution in [3.8, 4) is 11.5 Å². The highest BCUT2D eigenvalue weighted by Crippen LogP contribution is 2.68. The van der Waals surface area contributed by atoms with E-state index in [2.05, 4.69) is 15.5 Å². The molecular formula is C31H27N3O5. The second kappa shape index (κ2) is 7.48. The molecule has 2 amide bonds. The summed E-state index contributed by atoms with van der Waals surface area (Å²) < 4.78 is 11.1. The maximum absolute atomic E-state index is 14.8. The first-order valence-corrected chi connectivity index (χ1v) is 13.4. The Bertz CT molecular complexity index is 1650. The minimum atomic E-state index is -1.46. The number of aryl methyl sites for hydroxylation is 2. The number of carbonyl (C=O) groups is 3. The fourth-order valence-electron chi connectivity index (χ4n) is 8.27. The number of ether oxygens (including phenoxy) is 2. The van der Waals surface area contributed by atoms with Gasteiger partial charge < -0.3 is 20.1 Å². The molecule has 3 aromatic carbocycles. The van der Waals surface area contributed by atoms with Crippen molar-refractivity contribution in [2.24, 2.45) is 5.92 Å². The Morgan fingerprint density at radius 2 is 1.77 bits per heavy atom. The van der Waals surface area contributed by atoms with E-state index in [1.165, 1.54) is 0 Å². The second-order valence-corrected chi connectivity index (χ2v) is 11.3. The molecule has 2 spiro atoms. The van der Waals surface area contributed by atoms with Gasteiger partial charge in [0.15, 0.2) is 17.3 Å². The van der Waals surface area contributed by atoms with Gasteiger partial charge in [-0.25, -0.2) is 0 Å². The molecule has 0 unspecified atom stereocenters. The number of hydrogen-bond donors (Lipinski definition) is 2. The standard InChI is InChI=1S/C31H27N3O5/c1-16-12-17(2)26-20(13-16)31(29(37)33-26)30(19-6-3-4-7-21(19)32-28(30)36)25(22-8-5-11-34(22)31)27(35)18-9-10-23-24(14-18)39-15-38-23/h3-4,6-7,9-10,12-14,22,25H,5,8,11,15H2,1-2H3,(H,32,36)(H,33,37)/t22-,25+,30+,31-/m1/s1. The molecular weight excluding hydrogens is 494 g/mol. The highest BCUT2D eigenvalue weighted by atomic mass is 16.7. The summed E-state index contributed by atoms with van der Waals surface area (Å²) in [7, 11) is 0. The van der Waals surface area contributed by atoms with E-state index in [1.54, 1.807) is 18.2 Å². The third kappa shape index (κ3) is 2.51. The Labute approximate surface area is 225 Å². The molecule has 0 aliphatic carbocycles. The van der Waals surface area contributed by atoms with Crippen LogP contribution in [0.5, 0.6) is 11.5 Å². The molecule has 2 fully saturated rings. The number of ketones is 1. The van der Waals surface area contributed by atoms with Crippen LogP contribution in [0.25, 0.3) is 0 Å². The number of nitrogens with one attached hydrogen (secondary N) is 2. The normalized spacial score (nSPS) is 29.5. The van der Waals surface area contributed by atoms with E-state index in [4.69, 9.17) is 9.47 Å². The smallest absolute Gasteiger partial charge is 0.251 e. The van der Waals surface area contributed by atoms with E-state index < -0.39 is 16.9 Å². The molecule has 2 N–H and O–H groups in total. The number of Topliss-reactive ketones (excluding diaryl/α,β-unsaturated/α-hetero) is 1. The van der Waals surface area contributed by atoms with Crippen molar-refractivity contribution in [1.82, 2.24) is 4.90 Å². The van der Waals surface area contributed by atoms with Gasteiger partial charge in [0.2, 0.25) is 12.7 Å². The molecule has 5 heterocycles. The van der Waals surface area contributed by atoms with Gasteiger partial charge in [-0.2, -0.15) is 0 Å². The first-order chi connectivity index (χ1) is 18.9. The van der Waals surface area contributed by atoms with Crippen LogP contribution >= 0.6 is 0 Å².